The van der Waals surface area contributed by atoms with Crippen molar-refractivity contribution < 1.29 is 9.47 Å². The van der Waals surface area contributed by atoms with Crippen molar-refractivity contribution in [2.24, 2.45) is 11.7 Å². The first kappa shape index (κ1) is 11.3. The van der Waals surface area contributed by atoms with Crippen LogP contribution in [-0.2, 0) is 6.42 Å². The van der Waals surface area contributed by atoms with Gasteiger partial charge in [-0.25, -0.2) is 0 Å². The van der Waals surface area contributed by atoms with Crippen molar-refractivity contribution in [1.29, 1.82) is 0 Å². The van der Waals surface area contributed by atoms with Crippen LogP contribution in [0.3, 0.4) is 0 Å². The molecule has 1 atom stereocenters. The van der Waals surface area contributed by atoms with Crippen molar-refractivity contribution >= 4 is 0 Å². The third-order valence-corrected chi connectivity index (χ3v) is 3.13. The molecular weight excluding hydrogens is 202 g/mol. The zero-order valence-corrected chi connectivity index (χ0v) is 9.74. The Morgan fingerprint density at radius 1 is 1.50 bits per heavy atom. The molecule has 3 nitrogen and oxygen atoms in total. The van der Waals surface area contributed by atoms with Gasteiger partial charge in [-0.2, -0.15) is 0 Å². The molecule has 88 valence electrons. The van der Waals surface area contributed by atoms with Crippen molar-refractivity contribution in [2.75, 3.05) is 20.3 Å². The van der Waals surface area contributed by atoms with Crippen LogP contribution < -0.4 is 15.2 Å². The molecule has 0 saturated heterocycles. The van der Waals surface area contributed by atoms with E-state index in [1.807, 2.05) is 12.1 Å². The molecule has 1 aromatic rings. The summed E-state index contributed by atoms with van der Waals surface area (Å²) in [5.74, 6) is 2.54. The lowest BCUT2D eigenvalue weighted by molar-refractivity contribution is 0.291. The lowest BCUT2D eigenvalue weighted by Crippen LogP contribution is -2.11. The van der Waals surface area contributed by atoms with Gasteiger partial charge in [0, 0.05) is 0 Å². The van der Waals surface area contributed by atoms with Gasteiger partial charge in [0.25, 0.3) is 0 Å². The highest BCUT2D eigenvalue weighted by molar-refractivity contribution is 5.41. The van der Waals surface area contributed by atoms with Crippen LogP contribution in [0.15, 0.2) is 18.2 Å². The Morgan fingerprint density at radius 3 is 3.12 bits per heavy atom. The van der Waals surface area contributed by atoms with Gasteiger partial charge >= 0.3 is 0 Å². The van der Waals surface area contributed by atoms with Crippen LogP contribution in [0.4, 0.5) is 0 Å². The zero-order chi connectivity index (χ0) is 11.4. The summed E-state index contributed by atoms with van der Waals surface area (Å²) in [5.41, 5.74) is 6.87. The number of nitrogens with two attached hydrogens (primary N) is 1. The molecule has 0 aliphatic carbocycles. The average Bonchev–Trinajstić information content (AvgIpc) is 2.50. The normalized spacial score (nSPS) is 19.5. The third kappa shape index (κ3) is 2.47. The summed E-state index contributed by atoms with van der Waals surface area (Å²) < 4.78 is 11.0. The third-order valence-electron chi connectivity index (χ3n) is 3.13. The maximum Gasteiger partial charge on any atom is 0.122 e. The van der Waals surface area contributed by atoms with E-state index in [1.54, 1.807) is 7.11 Å². The highest BCUT2D eigenvalue weighted by Crippen LogP contribution is 2.31. The summed E-state index contributed by atoms with van der Waals surface area (Å²) in [4.78, 5) is 0. The number of ether oxygens (including phenoxy) is 2. The molecule has 2 N–H and O–H groups in total. The van der Waals surface area contributed by atoms with E-state index >= 15 is 0 Å². The molecule has 0 spiro atoms. The number of methoxy groups -OCH3 is 1. The SMILES string of the molecule is COc1ccc2c(c1)CC(CCN)CCO2. The van der Waals surface area contributed by atoms with E-state index in [1.165, 1.54) is 5.56 Å². The fraction of sp³-hybridized carbons (Fsp3) is 0.538. The Labute approximate surface area is 96.5 Å². The largest absolute Gasteiger partial charge is 0.497 e. The van der Waals surface area contributed by atoms with E-state index in [0.717, 1.165) is 43.9 Å². The van der Waals surface area contributed by atoms with Crippen molar-refractivity contribution in [1.82, 2.24) is 0 Å². The summed E-state index contributed by atoms with van der Waals surface area (Å²) in [5, 5.41) is 0. The minimum atomic E-state index is 0.637. The predicted molar refractivity (Wildman–Crippen MR) is 64.0 cm³/mol. The number of hydrogen-bond acceptors (Lipinski definition) is 3. The molecule has 0 aromatic heterocycles. The fourth-order valence-corrected chi connectivity index (χ4v) is 2.21. The fourth-order valence-electron chi connectivity index (χ4n) is 2.21. The van der Waals surface area contributed by atoms with Crippen LogP contribution in [-0.4, -0.2) is 20.3 Å². The van der Waals surface area contributed by atoms with Gasteiger partial charge in [0.15, 0.2) is 0 Å². The van der Waals surface area contributed by atoms with Crippen LogP contribution in [0.25, 0.3) is 0 Å². The average molecular weight is 221 g/mol. The van der Waals surface area contributed by atoms with Gasteiger partial charge in [-0.05, 0) is 55.5 Å². The van der Waals surface area contributed by atoms with Crippen molar-refractivity contribution in [3.8, 4) is 11.5 Å². The van der Waals surface area contributed by atoms with Gasteiger partial charge in [0.1, 0.15) is 11.5 Å². The van der Waals surface area contributed by atoms with E-state index in [2.05, 4.69) is 6.07 Å². The van der Waals surface area contributed by atoms with E-state index in [-0.39, 0.29) is 0 Å². The maximum absolute atomic E-state index is 5.73. The maximum atomic E-state index is 5.73. The van der Waals surface area contributed by atoms with E-state index in [0.29, 0.717) is 5.92 Å². The number of benzene rings is 1. The highest BCUT2D eigenvalue weighted by atomic mass is 16.5. The second-order valence-electron chi connectivity index (χ2n) is 4.26. The van der Waals surface area contributed by atoms with Crippen LogP contribution in [0.1, 0.15) is 18.4 Å². The molecule has 0 radical (unpaired) electrons. The Kier molecular flexibility index (Phi) is 3.67. The minimum Gasteiger partial charge on any atom is -0.497 e. The lowest BCUT2D eigenvalue weighted by atomic mass is 9.94. The van der Waals surface area contributed by atoms with Crippen molar-refractivity contribution in [3.05, 3.63) is 23.8 Å². The molecule has 1 aromatic carbocycles. The van der Waals surface area contributed by atoms with E-state index in [4.69, 9.17) is 15.2 Å². The summed E-state index contributed by atoms with van der Waals surface area (Å²) in [6.07, 6.45) is 3.21. The molecule has 1 aliphatic rings. The second-order valence-corrected chi connectivity index (χ2v) is 4.26. The van der Waals surface area contributed by atoms with Crippen LogP contribution in [0, 0.1) is 5.92 Å². The van der Waals surface area contributed by atoms with Gasteiger partial charge < -0.3 is 15.2 Å². The molecule has 2 rings (SSSR count). The van der Waals surface area contributed by atoms with Crippen molar-refractivity contribution in [3.63, 3.8) is 0 Å². The summed E-state index contributed by atoms with van der Waals surface area (Å²) in [6, 6.07) is 6.02. The zero-order valence-electron chi connectivity index (χ0n) is 9.74. The Balaban J connectivity index is 2.19. The molecule has 1 unspecified atom stereocenters. The topological polar surface area (TPSA) is 44.5 Å². The number of hydrogen-bond donors (Lipinski definition) is 1. The summed E-state index contributed by atoms with van der Waals surface area (Å²) in [6.45, 7) is 1.55. The van der Waals surface area contributed by atoms with Gasteiger partial charge in [-0.1, -0.05) is 0 Å². The summed E-state index contributed by atoms with van der Waals surface area (Å²) in [7, 11) is 1.69. The number of fused-ring (bicyclic) bond motifs is 1. The first-order valence-electron chi connectivity index (χ1n) is 5.83. The van der Waals surface area contributed by atoms with Gasteiger partial charge in [0.05, 0.1) is 13.7 Å². The van der Waals surface area contributed by atoms with E-state index < -0.39 is 0 Å². The minimum absolute atomic E-state index is 0.637. The Hall–Kier alpha value is -1.22. The first-order valence-corrected chi connectivity index (χ1v) is 5.83. The molecular formula is C13H19NO2. The molecule has 1 heterocycles. The smallest absolute Gasteiger partial charge is 0.122 e. The predicted octanol–water partition coefficient (Wildman–Crippen LogP) is 1.99. The standard InChI is InChI=1S/C13H19NO2/c1-15-12-2-3-13-11(9-12)8-10(4-6-14)5-7-16-13/h2-3,9-10H,4-8,14H2,1H3. The first-order chi connectivity index (χ1) is 7.83. The van der Waals surface area contributed by atoms with Gasteiger partial charge in [0.2, 0.25) is 0 Å². The lowest BCUT2D eigenvalue weighted by Gasteiger charge is -2.12. The Bertz CT molecular complexity index is 352. The molecule has 1 aliphatic heterocycles. The van der Waals surface area contributed by atoms with Crippen LogP contribution in [0.5, 0.6) is 11.5 Å². The van der Waals surface area contributed by atoms with E-state index in [9.17, 15) is 0 Å². The monoisotopic (exact) mass is 221 g/mol. The molecule has 0 amide bonds. The molecule has 0 bridgehead atoms. The number of rotatable bonds is 3. The quantitative estimate of drug-likeness (QED) is 0.849. The molecule has 16 heavy (non-hydrogen) atoms. The van der Waals surface area contributed by atoms with Gasteiger partial charge in [-0.3, -0.25) is 0 Å². The molecule has 0 fully saturated rings. The van der Waals surface area contributed by atoms with Crippen LogP contribution in [0.2, 0.25) is 0 Å². The van der Waals surface area contributed by atoms with Crippen LogP contribution >= 0.6 is 0 Å². The summed E-state index contributed by atoms with van der Waals surface area (Å²) >= 11 is 0. The highest BCUT2D eigenvalue weighted by Gasteiger charge is 2.17. The van der Waals surface area contributed by atoms with Crippen molar-refractivity contribution in [2.45, 2.75) is 19.3 Å². The van der Waals surface area contributed by atoms with Gasteiger partial charge in [-0.15, -0.1) is 0 Å². The second kappa shape index (κ2) is 5.21. The molecule has 0 saturated carbocycles. The molecule has 3 heteroatoms. The Morgan fingerprint density at radius 2 is 2.38 bits per heavy atom.